The summed E-state index contributed by atoms with van der Waals surface area (Å²) in [7, 11) is 0. The lowest BCUT2D eigenvalue weighted by atomic mass is 10.0. The van der Waals surface area contributed by atoms with Crippen LogP contribution in [0.4, 0.5) is 0 Å². The van der Waals surface area contributed by atoms with Gasteiger partial charge in [-0.1, -0.05) is 38.8 Å². The quantitative estimate of drug-likeness (QED) is 0.734. The van der Waals surface area contributed by atoms with Gasteiger partial charge in [0.05, 0.1) is 0 Å². The van der Waals surface area contributed by atoms with Crippen molar-refractivity contribution in [1.29, 1.82) is 0 Å². The highest BCUT2D eigenvalue weighted by Gasteiger charge is 2.26. The average Bonchev–Trinajstić information content (AvgIpc) is 2.95. The van der Waals surface area contributed by atoms with Gasteiger partial charge < -0.3 is 5.73 Å². The second-order valence-corrected chi connectivity index (χ2v) is 6.66. The number of rotatable bonds is 6. The molecular weight excluding hydrogens is 220 g/mol. The first-order valence-electron chi connectivity index (χ1n) is 7.83. The minimum Gasteiger partial charge on any atom is -0.324 e. The zero-order chi connectivity index (χ0) is 13.0. The molecule has 2 atom stereocenters. The molecule has 104 valence electrons. The maximum atomic E-state index is 5.97. The molecule has 0 radical (unpaired) electrons. The van der Waals surface area contributed by atoms with Gasteiger partial charge in [0, 0.05) is 18.6 Å². The average molecular weight is 250 g/mol. The van der Waals surface area contributed by atoms with Crippen LogP contribution in [0.1, 0.15) is 52.4 Å². The first-order chi connectivity index (χ1) is 8.65. The molecule has 18 heavy (non-hydrogen) atoms. The summed E-state index contributed by atoms with van der Waals surface area (Å²) >= 11 is 0. The summed E-state index contributed by atoms with van der Waals surface area (Å²) in [6, 6.07) is 1.17. The van der Waals surface area contributed by atoms with Gasteiger partial charge in [-0.15, -0.1) is 0 Å². The van der Waals surface area contributed by atoms with E-state index in [1.807, 2.05) is 0 Å². The molecule has 0 aromatic heterocycles. The highest BCUT2D eigenvalue weighted by atomic mass is 15.2. The molecule has 2 aliphatic rings. The molecule has 0 aromatic carbocycles. The van der Waals surface area contributed by atoms with Crippen molar-refractivity contribution in [1.82, 2.24) is 4.90 Å². The molecule has 2 heteroatoms. The van der Waals surface area contributed by atoms with Crippen molar-refractivity contribution in [3.8, 4) is 0 Å². The first-order valence-corrected chi connectivity index (χ1v) is 7.83. The van der Waals surface area contributed by atoms with Crippen molar-refractivity contribution in [2.24, 2.45) is 17.6 Å². The van der Waals surface area contributed by atoms with Crippen molar-refractivity contribution in [3.05, 3.63) is 12.2 Å². The maximum Gasteiger partial charge on any atom is 0.0229 e. The second-order valence-electron chi connectivity index (χ2n) is 6.66. The molecule has 1 saturated carbocycles. The molecule has 0 heterocycles. The van der Waals surface area contributed by atoms with Crippen LogP contribution in [0.5, 0.6) is 0 Å². The normalized spacial score (nSPS) is 28.9. The largest absolute Gasteiger partial charge is 0.324 e. The summed E-state index contributed by atoms with van der Waals surface area (Å²) < 4.78 is 0. The lowest BCUT2D eigenvalue weighted by Crippen LogP contribution is -2.38. The van der Waals surface area contributed by atoms with Gasteiger partial charge in [0.2, 0.25) is 0 Å². The molecule has 0 aliphatic heterocycles. The Morgan fingerprint density at radius 3 is 2.50 bits per heavy atom. The van der Waals surface area contributed by atoms with Crippen LogP contribution in [-0.2, 0) is 0 Å². The van der Waals surface area contributed by atoms with Crippen LogP contribution in [0.2, 0.25) is 0 Å². The summed E-state index contributed by atoms with van der Waals surface area (Å²) in [5, 5.41) is 0. The van der Waals surface area contributed by atoms with E-state index in [0.717, 1.165) is 18.4 Å². The van der Waals surface area contributed by atoms with Gasteiger partial charge in [-0.2, -0.15) is 0 Å². The van der Waals surface area contributed by atoms with Crippen LogP contribution in [0, 0.1) is 11.8 Å². The molecule has 0 bridgehead atoms. The Balaban J connectivity index is 1.85. The van der Waals surface area contributed by atoms with Gasteiger partial charge in [-0.25, -0.2) is 0 Å². The Kier molecular flexibility index (Phi) is 5.25. The van der Waals surface area contributed by atoms with Gasteiger partial charge in [0.1, 0.15) is 0 Å². The highest BCUT2D eigenvalue weighted by molar-refractivity contribution is 5.05. The van der Waals surface area contributed by atoms with Crippen LogP contribution in [0.15, 0.2) is 12.2 Å². The van der Waals surface area contributed by atoms with Gasteiger partial charge in [0.25, 0.3) is 0 Å². The van der Waals surface area contributed by atoms with E-state index in [2.05, 4.69) is 30.9 Å². The monoisotopic (exact) mass is 250 g/mol. The minimum atomic E-state index is 0.311. The lowest BCUT2D eigenvalue weighted by molar-refractivity contribution is 0.169. The Morgan fingerprint density at radius 1 is 1.22 bits per heavy atom. The lowest BCUT2D eigenvalue weighted by Gasteiger charge is -2.31. The van der Waals surface area contributed by atoms with Crippen molar-refractivity contribution in [2.75, 3.05) is 13.1 Å². The zero-order valence-corrected chi connectivity index (χ0v) is 12.1. The summed E-state index contributed by atoms with van der Waals surface area (Å²) in [6.07, 6.45) is 12.7. The van der Waals surface area contributed by atoms with E-state index >= 15 is 0 Å². The third kappa shape index (κ3) is 4.10. The molecule has 2 N–H and O–H groups in total. The molecule has 2 unspecified atom stereocenters. The van der Waals surface area contributed by atoms with E-state index in [0.29, 0.717) is 12.0 Å². The second kappa shape index (κ2) is 6.72. The standard InChI is InChI=1S/C16H30N2/c1-13(2)9-10-18(16-5-3-4-6-16)12-14-7-8-15(17)11-14/h7-8,13-16H,3-6,9-12,17H2,1-2H3. The van der Waals surface area contributed by atoms with E-state index in [9.17, 15) is 0 Å². The number of nitrogens with two attached hydrogens (primary N) is 1. The molecule has 0 amide bonds. The van der Waals surface area contributed by atoms with Crippen LogP contribution >= 0.6 is 0 Å². The van der Waals surface area contributed by atoms with Gasteiger partial charge >= 0.3 is 0 Å². The predicted molar refractivity (Wildman–Crippen MR) is 78.5 cm³/mol. The first kappa shape index (κ1) is 14.1. The fourth-order valence-electron chi connectivity index (χ4n) is 3.36. The van der Waals surface area contributed by atoms with Crippen LogP contribution in [-0.4, -0.2) is 30.1 Å². The van der Waals surface area contributed by atoms with Gasteiger partial charge in [-0.05, 0) is 44.1 Å². The van der Waals surface area contributed by atoms with E-state index in [-0.39, 0.29) is 0 Å². The SMILES string of the molecule is CC(C)CCN(CC1C=CC(N)C1)C1CCCC1. The predicted octanol–water partition coefficient (Wildman–Crippen LogP) is 3.18. The van der Waals surface area contributed by atoms with Crippen molar-refractivity contribution >= 4 is 0 Å². The van der Waals surface area contributed by atoms with Crippen LogP contribution in [0.3, 0.4) is 0 Å². The fourth-order valence-corrected chi connectivity index (χ4v) is 3.36. The van der Waals surface area contributed by atoms with Gasteiger partial charge in [0.15, 0.2) is 0 Å². The third-order valence-corrected chi connectivity index (χ3v) is 4.51. The van der Waals surface area contributed by atoms with Crippen LogP contribution in [0.25, 0.3) is 0 Å². The van der Waals surface area contributed by atoms with Crippen molar-refractivity contribution < 1.29 is 0 Å². The van der Waals surface area contributed by atoms with Gasteiger partial charge in [-0.3, -0.25) is 4.90 Å². The minimum absolute atomic E-state index is 0.311. The summed E-state index contributed by atoms with van der Waals surface area (Å²) in [5.41, 5.74) is 5.97. The molecule has 1 fully saturated rings. The fraction of sp³-hybridized carbons (Fsp3) is 0.875. The Bertz CT molecular complexity index is 266. The summed E-state index contributed by atoms with van der Waals surface area (Å²) in [4.78, 5) is 2.76. The van der Waals surface area contributed by atoms with Crippen molar-refractivity contribution in [3.63, 3.8) is 0 Å². The number of hydrogen-bond acceptors (Lipinski definition) is 2. The Hall–Kier alpha value is -0.340. The molecule has 2 aliphatic carbocycles. The highest BCUT2D eigenvalue weighted by Crippen LogP contribution is 2.27. The summed E-state index contributed by atoms with van der Waals surface area (Å²) in [6.45, 7) is 7.18. The smallest absolute Gasteiger partial charge is 0.0229 e. The summed E-state index contributed by atoms with van der Waals surface area (Å²) in [5.74, 6) is 1.52. The molecule has 2 rings (SSSR count). The maximum absolute atomic E-state index is 5.97. The van der Waals surface area contributed by atoms with Crippen LogP contribution < -0.4 is 5.73 Å². The molecule has 0 aromatic rings. The van der Waals surface area contributed by atoms with E-state index in [1.54, 1.807) is 0 Å². The third-order valence-electron chi connectivity index (χ3n) is 4.51. The zero-order valence-electron chi connectivity index (χ0n) is 12.1. The Labute approximate surface area is 113 Å². The molecule has 0 spiro atoms. The molecule has 2 nitrogen and oxygen atoms in total. The number of nitrogens with zero attached hydrogens (tertiary/aromatic N) is 1. The van der Waals surface area contributed by atoms with E-state index < -0.39 is 0 Å². The Morgan fingerprint density at radius 2 is 1.94 bits per heavy atom. The van der Waals surface area contributed by atoms with Crippen molar-refractivity contribution in [2.45, 2.75) is 64.5 Å². The van der Waals surface area contributed by atoms with E-state index in [1.165, 1.54) is 45.2 Å². The molecular formula is C16H30N2. The molecule has 0 saturated heterocycles. The van der Waals surface area contributed by atoms with E-state index in [4.69, 9.17) is 5.73 Å². The number of hydrogen-bond donors (Lipinski definition) is 1. The topological polar surface area (TPSA) is 29.3 Å².